The molecule has 0 saturated carbocycles. The summed E-state index contributed by atoms with van der Waals surface area (Å²) in [6.07, 6.45) is -4.29. The predicted octanol–water partition coefficient (Wildman–Crippen LogP) is 1.33. The van der Waals surface area contributed by atoms with E-state index in [0.717, 1.165) is 0 Å². The SMILES string of the molecule is Cn1c(=O)oc2ccc(S(=O)(=O)NCc3nnc4n3C[C@@H](C(F)(F)F)CC4)cc21. The van der Waals surface area contributed by atoms with Crippen LogP contribution < -0.4 is 10.5 Å². The van der Waals surface area contributed by atoms with Crippen molar-refractivity contribution in [1.82, 2.24) is 24.1 Å². The van der Waals surface area contributed by atoms with Gasteiger partial charge in [0.2, 0.25) is 10.0 Å². The van der Waals surface area contributed by atoms with E-state index in [4.69, 9.17) is 4.42 Å². The third-order valence-corrected chi connectivity index (χ3v) is 6.38. The molecule has 1 aromatic carbocycles. The van der Waals surface area contributed by atoms with E-state index in [0.29, 0.717) is 11.3 Å². The van der Waals surface area contributed by atoms with Crippen LogP contribution in [0.2, 0.25) is 0 Å². The van der Waals surface area contributed by atoms with Crippen LogP contribution in [-0.2, 0) is 36.6 Å². The lowest BCUT2D eigenvalue weighted by Gasteiger charge is -2.26. The molecule has 13 heteroatoms. The number of hydrogen-bond acceptors (Lipinski definition) is 6. The molecule has 2 aromatic heterocycles. The summed E-state index contributed by atoms with van der Waals surface area (Å²) in [6, 6.07) is 3.91. The van der Waals surface area contributed by atoms with Crippen molar-refractivity contribution in [1.29, 1.82) is 0 Å². The average Bonchev–Trinajstić information content (AvgIpc) is 3.19. The van der Waals surface area contributed by atoms with Gasteiger partial charge in [0.1, 0.15) is 11.6 Å². The van der Waals surface area contributed by atoms with Gasteiger partial charge < -0.3 is 8.98 Å². The molecule has 0 unspecified atom stereocenters. The van der Waals surface area contributed by atoms with Gasteiger partial charge in [-0.3, -0.25) is 4.57 Å². The Morgan fingerprint density at radius 2 is 2.07 bits per heavy atom. The van der Waals surface area contributed by atoms with Crippen molar-refractivity contribution >= 4 is 21.1 Å². The summed E-state index contributed by atoms with van der Waals surface area (Å²) in [5, 5.41) is 7.70. The first-order chi connectivity index (χ1) is 13.6. The number of oxazole rings is 1. The van der Waals surface area contributed by atoms with Gasteiger partial charge in [-0.1, -0.05) is 0 Å². The smallest absolute Gasteiger partial charge is 0.408 e. The van der Waals surface area contributed by atoms with Crippen molar-refractivity contribution in [2.24, 2.45) is 13.0 Å². The molecule has 1 N–H and O–H groups in total. The standard InChI is InChI=1S/C16H16F3N5O4S/c1-23-11-6-10(3-4-12(11)28-15(23)25)29(26,27)20-7-14-22-21-13-5-2-9(8-24(13)14)16(17,18)19/h3-4,6,9,20H,2,5,7-8H2,1H3/t9-/m0/s1. The lowest BCUT2D eigenvalue weighted by Crippen LogP contribution is -2.34. The maximum Gasteiger partial charge on any atom is 0.419 e. The van der Waals surface area contributed by atoms with E-state index >= 15 is 0 Å². The summed E-state index contributed by atoms with van der Waals surface area (Å²) < 4.78 is 74.1. The first kappa shape index (κ1) is 19.6. The number of sulfonamides is 1. The van der Waals surface area contributed by atoms with E-state index in [1.165, 1.54) is 34.4 Å². The average molecular weight is 431 g/mol. The molecule has 0 bridgehead atoms. The molecule has 0 fully saturated rings. The van der Waals surface area contributed by atoms with E-state index in [2.05, 4.69) is 14.9 Å². The van der Waals surface area contributed by atoms with Crippen LogP contribution in [0.5, 0.6) is 0 Å². The topological polar surface area (TPSA) is 112 Å². The highest BCUT2D eigenvalue weighted by Crippen LogP contribution is 2.34. The Hall–Kier alpha value is -2.67. The first-order valence-corrected chi connectivity index (χ1v) is 10.1. The fourth-order valence-corrected chi connectivity index (χ4v) is 4.30. The number of aryl methyl sites for hydroxylation is 2. The van der Waals surface area contributed by atoms with Gasteiger partial charge in [-0.15, -0.1) is 10.2 Å². The normalized spacial score (nSPS) is 17.6. The third-order valence-electron chi connectivity index (χ3n) is 4.98. The second kappa shape index (κ2) is 6.69. The minimum atomic E-state index is -4.34. The highest BCUT2D eigenvalue weighted by molar-refractivity contribution is 7.89. The lowest BCUT2D eigenvalue weighted by atomic mass is 9.99. The molecule has 1 aliphatic heterocycles. The van der Waals surface area contributed by atoms with Crippen molar-refractivity contribution < 1.29 is 26.0 Å². The van der Waals surface area contributed by atoms with Crippen LogP contribution >= 0.6 is 0 Å². The molecule has 4 rings (SSSR count). The summed E-state index contributed by atoms with van der Waals surface area (Å²) >= 11 is 0. The number of aromatic nitrogens is 4. The Balaban J connectivity index is 1.56. The van der Waals surface area contributed by atoms with Crippen LogP contribution in [0.1, 0.15) is 18.1 Å². The second-order valence-electron chi connectivity index (χ2n) is 6.80. The number of fused-ring (bicyclic) bond motifs is 2. The minimum absolute atomic E-state index is 0.0726. The summed E-state index contributed by atoms with van der Waals surface area (Å²) in [6.45, 7) is -0.658. The molecule has 0 aliphatic carbocycles. The van der Waals surface area contributed by atoms with Gasteiger partial charge in [0, 0.05) is 20.0 Å². The molecular formula is C16H16F3N5O4S. The van der Waals surface area contributed by atoms with E-state index in [-0.39, 0.29) is 42.2 Å². The maximum absolute atomic E-state index is 13.0. The molecule has 3 aromatic rings. The van der Waals surface area contributed by atoms with Crippen molar-refractivity contribution in [2.45, 2.75) is 37.0 Å². The van der Waals surface area contributed by atoms with Crippen LogP contribution in [-0.4, -0.2) is 33.9 Å². The fourth-order valence-electron chi connectivity index (χ4n) is 3.30. The van der Waals surface area contributed by atoms with E-state index in [1.807, 2.05) is 0 Å². The van der Waals surface area contributed by atoms with Crippen LogP contribution in [0.15, 0.2) is 32.3 Å². The Bertz CT molecular complexity index is 1240. The molecule has 0 saturated heterocycles. The fraction of sp³-hybridized carbons (Fsp3) is 0.438. The van der Waals surface area contributed by atoms with Gasteiger partial charge in [-0.25, -0.2) is 17.9 Å². The predicted molar refractivity (Wildman–Crippen MR) is 93.4 cm³/mol. The highest BCUT2D eigenvalue weighted by atomic mass is 32.2. The molecule has 156 valence electrons. The minimum Gasteiger partial charge on any atom is -0.408 e. The number of nitrogens with one attached hydrogen (secondary N) is 1. The van der Waals surface area contributed by atoms with Crippen LogP contribution in [0, 0.1) is 5.92 Å². The van der Waals surface area contributed by atoms with E-state index < -0.39 is 27.9 Å². The highest BCUT2D eigenvalue weighted by Gasteiger charge is 2.42. The zero-order valence-corrected chi connectivity index (χ0v) is 15.9. The monoisotopic (exact) mass is 431 g/mol. The molecule has 0 radical (unpaired) electrons. The Morgan fingerprint density at radius 1 is 1.31 bits per heavy atom. The maximum atomic E-state index is 13.0. The number of halogens is 3. The van der Waals surface area contributed by atoms with Gasteiger partial charge in [-0.05, 0) is 24.6 Å². The second-order valence-corrected chi connectivity index (χ2v) is 8.57. The van der Waals surface area contributed by atoms with E-state index in [1.54, 1.807) is 0 Å². The number of hydrogen-bond donors (Lipinski definition) is 1. The Labute approximate surface area is 162 Å². The summed E-state index contributed by atoms with van der Waals surface area (Å²) in [4.78, 5) is 11.4. The van der Waals surface area contributed by atoms with Crippen LogP contribution in [0.3, 0.4) is 0 Å². The summed E-state index contributed by atoms with van der Waals surface area (Å²) in [5.41, 5.74) is 0.534. The number of nitrogens with zero attached hydrogens (tertiary/aromatic N) is 4. The number of alkyl halides is 3. The van der Waals surface area contributed by atoms with Gasteiger partial charge in [0.25, 0.3) is 0 Å². The lowest BCUT2D eigenvalue weighted by molar-refractivity contribution is -0.182. The molecule has 29 heavy (non-hydrogen) atoms. The van der Waals surface area contributed by atoms with Crippen LogP contribution in [0.25, 0.3) is 11.1 Å². The van der Waals surface area contributed by atoms with Crippen molar-refractivity contribution in [2.75, 3.05) is 0 Å². The Kier molecular flexibility index (Phi) is 4.53. The van der Waals surface area contributed by atoms with Gasteiger partial charge in [0.05, 0.1) is 22.9 Å². The van der Waals surface area contributed by atoms with Gasteiger partial charge in [0.15, 0.2) is 5.58 Å². The largest absolute Gasteiger partial charge is 0.419 e. The number of benzene rings is 1. The van der Waals surface area contributed by atoms with Gasteiger partial charge >= 0.3 is 11.9 Å². The molecule has 0 amide bonds. The van der Waals surface area contributed by atoms with Gasteiger partial charge in [-0.2, -0.15) is 13.2 Å². The zero-order chi connectivity index (χ0) is 21.0. The summed E-state index contributed by atoms with van der Waals surface area (Å²) in [5.74, 6) is -1.65. The molecule has 1 aliphatic rings. The molecular weight excluding hydrogens is 415 g/mol. The van der Waals surface area contributed by atoms with E-state index in [9.17, 15) is 26.4 Å². The molecule has 1 atom stereocenters. The Morgan fingerprint density at radius 3 is 2.79 bits per heavy atom. The zero-order valence-electron chi connectivity index (χ0n) is 15.1. The summed E-state index contributed by atoms with van der Waals surface area (Å²) in [7, 11) is -2.57. The number of rotatable bonds is 4. The molecule has 0 spiro atoms. The van der Waals surface area contributed by atoms with Crippen LogP contribution in [0.4, 0.5) is 13.2 Å². The van der Waals surface area contributed by atoms with Crippen molar-refractivity contribution in [3.05, 3.63) is 40.4 Å². The molecule has 3 heterocycles. The molecule has 9 nitrogen and oxygen atoms in total. The van der Waals surface area contributed by atoms with Crippen molar-refractivity contribution in [3.8, 4) is 0 Å². The first-order valence-electron chi connectivity index (χ1n) is 8.63. The third kappa shape index (κ3) is 3.55. The van der Waals surface area contributed by atoms with Crippen molar-refractivity contribution in [3.63, 3.8) is 0 Å². The quantitative estimate of drug-likeness (QED) is 0.667.